The van der Waals surface area contributed by atoms with Crippen molar-refractivity contribution in [2.24, 2.45) is 0 Å². The van der Waals surface area contributed by atoms with Gasteiger partial charge in [0.15, 0.2) is 5.76 Å². The molecule has 1 amide bonds. The van der Waals surface area contributed by atoms with E-state index < -0.39 is 0 Å². The van der Waals surface area contributed by atoms with Crippen molar-refractivity contribution in [2.75, 3.05) is 5.32 Å². The Kier molecular flexibility index (Phi) is 6.91. The fraction of sp³-hybridized carbons (Fsp3) is 0.200. The zero-order chi connectivity index (χ0) is 23.5. The average molecular weight is 529 g/mol. The number of halogens is 2. The molecule has 0 unspecified atom stereocenters. The Morgan fingerprint density at radius 3 is 2.70 bits per heavy atom. The summed E-state index contributed by atoms with van der Waals surface area (Å²) in [5.41, 5.74) is 4.64. The van der Waals surface area contributed by atoms with Crippen molar-refractivity contribution in [3.8, 4) is 5.75 Å². The Morgan fingerprint density at radius 1 is 1.15 bits per heavy atom. The highest BCUT2D eigenvalue weighted by Crippen LogP contribution is 2.24. The third-order valence-electron chi connectivity index (χ3n) is 5.20. The number of carbonyl (C=O) groups excluding carboxylic acids is 1. The summed E-state index contributed by atoms with van der Waals surface area (Å²) in [6.07, 6.45) is 0. The molecular formula is C25H23BrClN3O3. The summed E-state index contributed by atoms with van der Waals surface area (Å²) in [6, 6.07) is 16.5. The second-order valence-corrected chi connectivity index (χ2v) is 8.99. The van der Waals surface area contributed by atoms with Gasteiger partial charge in [-0.1, -0.05) is 23.7 Å². The number of furan rings is 1. The van der Waals surface area contributed by atoms with Crippen LogP contribution in [0.25, 0.3) is 0 Å². The Hall–Kier alpha value is -3.03. The Bertz CT molecular complexity index is 1310. The largest absolute Gasteiger partial charge is 0.485 e. The standard InChI is InChI=1S/C25H23BrClN3O3/c1-15-11-19(27)7-9-22(15)32-14-21-8-10-23(33-21)25(31)28-20-6-4-5-18(12-20)13-30-17(3)24(26)16(2)29-30/h4-12H,13-14H2,1-3H3,(H,28,31). The molecule has 170 valence electrons. The van der Waals surface area contributed by atoms with E-state index in [-0.39, 0.29) is 18.3 Å². The summed E-state index contributed by atoms with van der Waals surface area (Å²) in [5, 5.41) is 8.09. The van der Waals surface area contributed by atoms with Gasteiger partial charge in [-0.3, -0.25) is 9.48 Å². The van der Waals surface area contributed by atoms with Gasteiger partial charge in [-0.15, -0.1) is 0 Å². The molecule has 0 atom stereocenters. The molecule has 4 rings (SSSR count). The number of anilines is 1. The summed E-state index contributed by atoms with van der Waals surface area (Å²) < 4.78 is 14.4. The molecule has 0 saturated carbocycles. The van der Waals surface area contributed by atoms with E-state index in [0.717, 1.165) is 27.0 Å². The molecule has 4 aromatic rings. The number of nitrogens with zero attached hydrogens (tertiary/aromatic N) is 2. The smallest absolute Gasteiger partial charge is 0.291 e. The van der Waals surface area contributed by atoms with Gasteiger partial charge < -0.3 is 14.5 Å². The van der Waals surface area contributed by atoms with Crippen LogP contribution >= 0.6 is 27.5 Å². The molecule has 2 aromatic heterocycles. The molecule has 0 fully saturated rings. The topological polar surface area (TPSA) is 69.3 Å². The lowest BCUT2D eigenvalue weighted by molar-refractivity contribution is 0.0992. The van der Waals surface area contributed by atoms with Gasteiger partial charge >= 0.3 is 0 Å². The SMILES string of the molecule is Cc1cc(Cl)ccc1OCc1ccc(C(=O)Nc2cccc(Cn3nc(C)c(Br)c3C)c2)o1. The van der Waals surface area contributed by atoms with Gasteiger partial charge in [0.2, 0.25) is 0 Å². The van der Waals surface area contributed by atoms with Gasteiger partial charge in [0.1, 0.15) is 18.1 Å². The van der Waals surface area contributed by atoms with E-state index in [1.54, 1.807) is 18.2 Å². The first-order chi connectivity index (χ1) is 15.8. The summed E-state index contributed by atoms with van der Waals surface area (Å²) in [6.45, 7) is 6.72. The maximum Gasteiger partial charge on any atom is 0.291 e. The number of hydrogen-bond donors (Lipinski definition) is 1. The lowest BCUT2D eigenvalue weighted by Gasteiger charge is -2.09. The molecule has 1 N–H and O–H groups in total. The van der Waals surface area contributed by atoms with E-state index in [9.17, 15) is 4.79 Å². The molecule has 33 heavy (non-hydrogen) atoms. The zero-order valence-corrected chi connectivity index (χ0v) is 20.8. The minimum absolute atomic E-state index is 0.212. The van der Waals surface area contributed by atoms with E-state index in [2.05, 4.69) is 26.3 Å². The van der Waals surface area contributed by atoms with Crippen molar-refractivity contribution in [3.63, 3.8) is 0 Å². The van der Waals surface area contributed by atoms with E-state index in [4.69, 9.17) is 20.8 Å². The third kappa shape index (κ3) is 5.49. The summed E-state index contributed by atoms with van der Waals surface area (Å²) in [4.78, 5) is 12.7. The van der Waals surface area contributed by atoms with Crippen LogP contribution in [0.2, 0.25) is 5.02 Å². The second kappa shape index (κ2) is 9.85. The number of hydrogen-bond acceptors (Lipinski definition) is 4. The highest BCUT2D eigenvalue weighted by atomic mass is 79.9. The van der Waals surface area contributed by atoms with Gasteiger partial charge in [0.05, 0.1) is 22.4 Å². The van der Waals surface area contributed by atoms with Crippen molar-refractivity contribution in [1.82, 2.24) is 9.78 Å². The molecule has 0 radical (unpaired) electrons. The lowest BCUT2D eigenvalue weighted by Crippen LogP contribution is -2.11. The molecule has 0 aliphatic carbocycles. The first-order valence-electron chi connectivity index (χ1n) is 10.4. The fourth-order valence-corrected chi connectivity index (χ4v) is 3.95. The first-order valence-corrected chi connectivity index (χ1v) is 11.5. The minimum Gasteiger partial charge on any atom is -0.485 e. The van der Waals surface area contributed by atoms with Crippen molar-refractivity contribution in [3.05, 3.63) is 98.1 Å². The van der Waals surface area contributed by atoms with Gasteiger partial charge in [0, 0.05) is 10.7 Å². The fourth-order valence-electron chi connectivity index (χ4n) is 3.44. The van der Waals surface area contributed by atoms with E-state index in [0.29, 0.717) is 28.8 Å². The van der Waals surface area contributed by atoms with Gasteiger partial charge in [-0.05, 0) is 90.3 Å². The molecule has 6 nitrogen and oxygen atoms in total. The third-order valence-corrected chi connectivity index (χ3v) is 6.59. The number of ether oxygens (including phenoxy) is 1. The molecule has 0 aliphatic heterocycles. The average Bonchev–Trinajstić information content (AvgIpc) is 3.34. The molecular weight excluding hydrogens is 506 g/mol. The van der Waals surface area contributed by atoms with E-state index >= 15 is 0 Å². The zero-order valence-electron chi connectivity index (χ0n) is 18.5. The van der Waals surface area contributed by atoms with Gasteiger partial charge in [-0.2, -0.15) is 5.10 Å². The van der Waals surface area contributed by atoms with Crippen LogP contribution in [0.5, 0.6) is 5.75 Å². The summed E-state index contributed by atoms with van der Waals surface area (Å²) in [7, 11) is 0. The highest BCUT2D eigenvalue weighted by Gasteiger charge is 2.14. The Balaban J connectivity index is 1.39. The normalized spacial score (nSPS) is 10.9. The molecule has 2 heterocycles. The van der Waals surface area contributed by atoms with Crippen LogP contribution in [0.15, 0.2) is 63.5 Å². The maximum absolute atomic E-state index is 12.7. The van der Waals surface area contributed by atoms with E-state index in [1.165, 1.54) is 0 Å². The predicted octanol–water partition coefficient (Wildman–Crippen LogP) is 6.70. The number of aryl methyl sites for hydroxylation is 2. The second-order valence-electron chi connectivity index (χ2n) is 7.76. The number of rotatable bonds is 7. The molecule has 2 aromatic carbocycles. The van der Waals surface area contributed by atoms with Gasteiger partial charge in [-0.25, -0.2) is 0 Å². The number of aromatic nitrogens is 2. The van der Waals surface area contributed by atoms with Crippen LogP contribution in [0, 0.1) is 20.8 Å². The monoisotopic (exact) mass is 527 g/mol. The quantitative estimate of drug-likeness (QED) is 0.290. The number of benzene rings is 2. The lowest BCUT2D eigenvalue weighted by atomic mass is 10.2. The summed E-state index contributed by atoms with van der Waals surface area (Å²) >= 11 is 9.53. The molecule has 0 spiro atoms. The first kappa shape index (κ1) is 23.1. The Morgan fingerprint density at radius 2 is 1.97 bits per heavy atom. The van der Waals surface area contributed by atoms with Crippen LogP contribution in [0.4, 0.5) is 5.69 Å². The molecule has 0 aliphatic rings. The molecule has 8 heteroatoms. The number of amides is 1. The van der Waals surface area contributed by atoms with Crippen molar-refractivity contribution < 1.29 is 13.9 Å². The molecule has 0 bridgehead atoms. The Labute approximate surface area is 205 Å². The minimum atomic E-state index is -0.324. The van der Waals surface area contributed by atoms with Gasteiger partial charge in [0.25, 0.3) is 5.91 Å². The van der Waals surface area contributed by atoms with Crippen LogP contribution in [-0.4, -0.2) is 15.7 Å². The number of carbonyl (C=O) groups is 1. The van der Waals surface area contributed by atoms with Crippen LogP contribution < -0.4 is 10.1 Å². The molecule has 0 saturated heterocycles. The van der Waals surface area contributed by atoms with Crippen molar-refractivity contribution in [2.45, 2.75) is 33.9 Å². The highest BCUT2D eigenvalue weighted by molar-refractivity contribution is 9.10. The van der Waals surface area contributed by atoms with Crippen LogP contribution in [0.3, 0.4) is 0 Å². The van der Waals surface area contributed by atoms with Crippen molar-refractivity contribution in [1.29, 1.82) is 0 Å². The van der Waals surface area contributed by atoms with Crippen molar-refractivity contribution >= 4 is 39.1 Å². The van der Waals surface area contributed by atoms with Crippen LogP contribution in [0.1, 0.15) is 38.8 Å². The predicted molar refractivity (Wildman–Crippen MR) is 132 cm³/mol. The summed E-state index contributed by atoms with van der Waals surface area (Å²) in [5.74, 6) is 1.16. The van der Waals surface area contributed by atoms with Crippen LogP contribution in [-0.2, 0) is 13.2 Å². The number of nitrogens with one attached hydrogen (secondary N) is 1. The van der Waals surface area contributed by atoms with E-state index in [1.807, 2.05) is 61.9 Å². The maximum atomic E-state index is 12.7.